The molecule has 1 aromatic heterocycles. The average Bonchev–Trinajstić information content (AvgIpc) is 2.62. The van der Waals surface area contributed by atoms with E-state index in [1.165, 1.54) is 6.42 Å². The molecule has 2 aliphatic carbocycles. The second kappa shape index (κ2) is 8.41. The zero-order chi connectivity index (χ0) is 19.3. The Morgan fingerprint density at radius 1 is 1.18 bits per heavy atom. The summed E-state index contributed by atoms with van der Waals surface area (Å²) in [5.74, 6) is 0.484. The first-order valence-electron chi connectivity index (χ1n) is 9.74. The highest BCUT2D eigenvalue weighted by molar-refractivity contribution is 5.78. The molecule has 0 bridgehead atoms. The van der Waals surface area contributed by atoms with Crippen LogP contribution in [0.3, 0.4) is 0 Å². The number of benzene rings is 1. The molecule has 148 valence electrons. The van der Waals surface area contributed by atoms with Crippen molar-refractivity contribution in [2.75, 3.05) is 17.2 Å². The Balaban J connectivity index is 1.34. The van der Waals surface area contributed by atoms with Crippen LogP contribution < -0.4 is 20.7 Å². The minimum absolute atomic E-state index is 0.0253. The summed E-state index contributed by atoms with van der Waals surface area (Å²) >= 11 is 0. The van der Waals surface area contributed by atoms with Crippen molar-refractivity contribution >= 4 is 23.4 Å². The molecule has 0 atom stereocenters. The number of anilines is 3. The van der Waals surface area contributed by atoms with Gasteiger partial charge in [-0.2, -0.15) is 4.98 Å². The highest BCUT2D eigenvalue weighted by Crippen LogP contribution is 2.25. The Morgan fingerprint density at radius 3 is 2.68 bits per heavy atom. The summed E-state index contributed by atoms with van der Waals surface area (Å²) in [6, 6.07) is 7.73. The van der Waals surface area contributed by atoms with Crippen LogP contribution in [0, 0.1) is 5.82 Å². The monoisotopic (exact) mass is 385 g/mol. The minimum Gasteiger partial charge on any atom is -0.484 e. The van der Waals surface area contributed by atoms with Crippen LogP contribution in [0.2, 0.25) is 0 Å². The number of hydrogen-bond acceptors (Lipinski definition) is 6. The summed E-state index contributed by atoms with van der Waals surface area (Å²) < 4.78 is 19.5. The van der Waals surface area contributed by atoms with E-state index in [-0.39, 0.29) is 24.4 Å². The number of aromatic nitrogens is 2. The van der Waals surface area contributed by atoms with Crippen molar-refractivity contribution in [3.8, 4) is 5.75 Å². The quantitative estimate of drug-likeness (QED) is 0.646. The molecule has 2 aromatic rings. The third-order valence-corrected chi connectivity index (χ3v) is 5.12. The predicted octanol–water partition coefficient (Wildman–Crippen LogP) is 3.37. The van der Waals surface area contributed by atoms with Crippen molar-refractivity contribution in [2.24, 2.45) is 0 Å². The molecule has 1 amide bonds. The fraction of sp³-hybridized carbons (Fsp3) is 0.450. The highest BCUT2D eigenvalue weighted by atomic mass is 19.1. The molecular weight excluding hydrogens is 361 g/mol. The largest absolute Gasteiger partial charge is 0.484 e. The standard InChI is InChI=1S/C20H24FN5O2/c21-17-11-22-20(26-19(17)24-14-6-2-7-14)25-15-8-3-9-16(10-15)28-12-18(27)23-13-4-1-5-13/h3,8-11,13-14H,1-2,4-7,12H2,(H,23,27)(H2,22,24,25,26). The molecule has 2 saturated carbocycles. The van der Waals surface area contributed by atoms with E-state index in [0.717, 1.165) is 38.3 Å². The van der Waals surface area contributed by atoms with Crippen LogP contribution in [0.1, 0.15) is 38.5 Å². The summed E-state index contributed by atoms with van der Waals surface area (Å²) in [4.78, 5) is 20.1. The lowest BCUT2D eigenvalue weighted by molar-refractivity contribution is -0.124. The van der Waals surface area contributed by atoms with Crippen LogP contribution in [-0.4, -0.2) is 34.6 Å². The molecule has 2 fully saturated rings. The number of halogens is 1. The summed E-state index contributed by atoms with van der Waals surface area (Å²) in [5, 5.41) is 9.09. The van der Waals surface area contributed by atoms with Crippen molar-refractivity contribution < 1.29 is 13.9 Å². The molecule has 1 heterocycles. The van der Waals surface area contributed by atoms with Crippen LogP contribution in [-0.2, 0) is 4.79 Å². The van der Waals surface area contributed by atoms with Crippen LogP contribution >= 0.6 is 0 Å². The molecule has 0 aliphatic heterocycles. The first-order valence-corrected chi connectivity index (χ1v) is 9.74. The number of ether oxygens (including phenoxy) is 1. The van der Waals surface area contributed by atoms with E-state index in [0.29, 0.717) is 23.4 Å². The molecule has 28 heavy (non-hydrogen) atoms. The first-order chi connectivity index (χ1) is 13.7. The van der Waals surface area contributed by atoms with E-state index in [9.17, 15) is 9.18 Å². The fourth-order valence-electron chi connectivity index (χ4n) is 3.04. The Labute approximate surface area is 163 Å². The maximum atomic E-state index is 13.9. The summed E-state index contributed by atoms with van der Waals surface area (Å²) in [5.41, 5.74) is 0.693. The SMILES string of the molecule is O=C(COc1cccc(Nc2ncc(F)c(NC3CCC3)n2)c1)NC1CCC1. The minimum atomic E-state index is -0.466. The van der Waals surface area contributed by atoms with Gasteiger partial charge >= 0.3 is 0 Å². The van der Waals surface area contributed by atoms with Gasteiger partial charge in [-0.05, 0) is 50.7 Å². The van der Waals surface area contributed by atoms with E-state index in [1.807, 2.05) is 6.07 Å². The van der Waals surface area contributed by atoms with Crippen molar-refractivity contribution in [1.82, 2.24) is 15.3 Å². The number of carbonyl (C=O) groups is 1. The number of nitrogens with zero attached hydrogens (tertiary/aromatic N) is 2. The van der Waals surface area contributed by atoms with E-state index in [2.05, 4.69) is 25.9 Å². The molecule has 1 aromatic carbocycles. The molecule has 0 saturated heterocycles. The van der Waals surface area contributed by atoms with Gasteiger partial charge < -0.3 is 20.7 Å². The maximum absolute atomic E-state index is 13.9. The van der Waals surface area contributed by atoms with E-state index in [4.69, 9.17) is 4.74 Å². The molecule has 0 unspecified atom stereocenters. The molecule has 3 N–H and O–H groups in total. The zero-order valence-corrected chi connectivity index (χ0v) is 15.6. The van der Waals surface area contributed by atoms with Crippen molar-refractivity contribution in [2.45, 2.75) is 50.6 Å². The highest BCUT2D eigenvalue weighted by Gasteiger charge is 2.20. The van der Waals surface area contributed by atoms with Gasteiger partial charge in [-0.15, -0.1) is 0 Å². The number of carbonyl (C=O) groups excluding carboxylic acids is 1. The molecule has 7 nitrogen and oxygen atoms in total. The Morgan fingerprint density at radius 2 is 1.96 bits per heavy atom. The zero-order valence-electron chi connectivity index (χ0n) is 15.6. The van der Waals surface area contributed by atoms with Crippen LogP contribution in [0.15, 0.2) is 30.5 Å². The van der Waals surface area contributed by atoms with E-state index in [1.54, 1.807) is 18.2 Å². The third kappa shape index (κ3) is 4.68. The van der Waals surface area contributed by atoms with Crippen LogP contribution in [0.25, 0.3) is 0 Å². The average molecular weight is 385 g/mol. The van der Waals surface area contributed by atoms with Gasteiger partial charge in [0.1, 0.15) is 5.75 Å². The molecule has 0 spiro atoms. The molecular formula is C20H24FN5O2. The molecule has 4 rings (SSSR count). The third-order valence-electron chi connectivity index (χ3n) is 5.12. The van der Waals surface area contributed by atoms with Crippen molar-refractivity contribution in [3.63, 3.8) is 0 Å². The number of rotatable bonds is 8. The Kier molecular flexibility index (Phi) is 5.55. The lowest BCUT2D eigenvalue weighted by Crippen LogP contribution is -2.41. The lowest BCUT2D eigenvalue weighted by Gasteiger charge is -2.27. The van der Waals surface area contributed by atoms with Crippen LogP contribution in [0.4, 0.5) is 21.8 Å². The van der Waals surface area contributed by atoms with Crippen molar-refractivity contribution in [3.05, 3.63) is 36.3 Å². The topological polar surface area (TPSA) is 88.2 Å². The summed E-state index contributed by atoms with van der Waals surface area (Å²) in [7, 11) is 0. The van der Waals surface area contributed by atoms with Gasteiger partial charge in [-0.3, -0.25) is 4.79 Å². The maximum Gasteiger partial charge on any atom is 0.258 e. The van der Waals surface area contributed by atoms with Gasteiger partial charge in [-0.25, -0.2) is 9.37 Å². The fourth-order valence-corrected chi connectivity index (χ4v) is 3.04. The number of hydrogen-bond donors (Lipinski definition) is 3. The predicted molar refractivity (Wildman–Crippen MR) is 104 cm³/mol. The van der Waals surface area contributed by atoms with Gasteiger partial charge in [0.25, 0.3) is 5.91 Å². The molecule has 8 heteroatoms. The smallest absolute Gasteiger partial charge is 0.258 e. The van der Waals surface area contributed by atoms with Gasteiger partial charge in [0.15, 0.2) is 18.2 Å². The van der Waals surface area contributed by atoms with Crippen molar-refractivity contribution in [1.29, 1.82) is 0 Å². The lowest BCUT2D eigenvalue weighted by atomic mass is 9.93. The van der Waals surface area contributed by atoms with E-state index < -0.39 is 5.82 Å². The second-order valence-corrected chi connectivity index (χ2v) is 7.30. The first kappa shape index (κ1) is 18.5. The second-order valence-electron chi connectivity index (χ2n) is 7.30. The van der Waals surface area contributed by atoms with E-state index >= 15 is 0 Å². The molecule has 2 aliphatic rings. The number of nitrogens with one attached hydrogen (secondary N) is 3. The normalized spacial score (nSPS) is 16.6. The Hall–Kier alpha value is -2.90. The van der Waals surface area contributed by atoms with Crippen LogP contribution in [0.5, 0.6) is 5.75 Å². The number of amides is 1. The summed E-state index contributed by atoms with van der Waals surface area (Å²) in [6.45, 7) is -0.0253. The summed E-state index contributed by atoms with van der Waals surface area (Å²) in [6.07, 6.45) is 7.62. The van der Waals surface area contributed by atoms with Gasteiger partial charge in [0.2, 0.25) is 5.95 Å². The molecule has 0 radical (unpaired) electrons. The van der Waals surface area contributed by atoms with Gasteiger partial charge in [0.05, 0.1) is 6.20 Å². The van der Waals surface area contributed by atoms with Gasteiger partial charge in [-0.1, -0.05) is 6.07 Å². The Bertz CT molecular complexity index is 839. The van der Waals surface area contributed by atoms with Gasteiger partial charge in [0, 0.05) is 23.8 Å².